The van der Waals surface area contributed by atoms with Crippen LogP contribution in [0.3, 0.4) is 0 Å². The van der Waals surface area contributed by atoms with Gasteiger partial charge in [-0.1, -0.05) is 31.2 Å². The molecule has 0 saturated carbocycles. The summed E-state index contributed by atoms with van der Waals surface area (Å²) in [6, 6.07) is 14.3. The topological polar surface area (TPSA) is 55.4 Å². The molecule has 2 aromatic rings. The van der Waals surface area contributed by atoms with Gasteiger partial charge < -0.3 is 10.1 Å². The first-order valence-corrected chi connectivity index (χ1v) is 8.45. The van der Waals surface area contributed by atoms with Crippen LogP contribution in [0, 0.1) is 0 Å². The SMILES string of the molecule is CCS(=O)(=O)c1ccccc1Oc1ccc(CNC)cc1. The zero-order valence-corrected chi connectivity index (χ0v) is 13.0. The highest BCUT2D eigenvalue weighted by molar-refractivity contribution is 7.91. The lowest BCUT2D eigenvalue weighted by atomic mass is 10.2. The summed E-state index contributed by atoms with van der Waals surface area (Å²) in [7, 11) is -1.42. The first-order chi connectivity index (χ1) is 10.1. The molecule has 2 aromatic carbocycles. The molecule has 0 amide bonds. The van der Waals surface area contributed by atoms with Gasteiger partial charge in [0.25, 0.3) is 0 Å². The van der Waals surface area contributed by atoms with Gasteiger partial charge in [-0.3, -0.25) is 0 Å². The zero-order chi connectivity index (χ0) is 15.3. The van der Waals surface area contributed by atoms with Crippen molar-refractivity contribution in [3.05, 3.63) is 54.1 Å². The summed E-state index contributed by atoms with van der Waals surface area (Å²) in [5, 5.41) is 3.07. The van der Waals surface area contributed by atoms with E-state index in [1.165, 1.54) is 0 Å². The lowest BCUT2D eigenvalue weighted by Gasteiger charge is -2.11. The average Bonchev–Trinajstić information content (AvgIpc) is 2.50. The maximum Gasteiger partial charge on any atom is 0.181 e. The number of sulfone groups is 1. The van der Waals surface area contributed by atoms with Crippen molar-refractivity contribution >= 4 is 9.84 Å². The predicted molar refractivity (Wildman–Crippen MR) is 83.4 cm³/mol. The maximum absolute atomic E-state index is 12.1. The van der Waals surface area contributed by atoms with Crippen LogP contribution in [0.25, 0.3) is 0 Å². The summed E-state index contributed by atoms with van der Waals surface area (Å²) in [5.41, 5.74) is 1.14. The van der Waals surface area contributed by atoms with E-state index in [0.29, 0.717) is 11.5 Å². The Kier molecular flexibility index (Phi) is 4.98. The van der Waals surface area contributed by atoms with Crippen LogP contribution in [0.4, 0.5) is 0 Å². The number of hydrogen-bond acceptors (Lipinski definition) is 4. The predicted octanol–water partition coefficient (Wildman–Crippen LogP) is 2.99. The largest absolute Gasteiger partial charge is 0.456 e. The molecular formula is C16H19NO3S. The maximum atomic E-state index is 12.1. The fraction of sp³-hybridized carbons (Fsp3) is 0.250. The molecule has 0 bridgehead atoms. The first kappa shape index (κ1) is 15.5. The van der Waals surface area contributed by atoms with Crippen LogP contribution in [0.1, 0.15) is 12.5 Å². The van der Waals surface area contributed by atoms with Crippen molar-refractivity contribution in [1.29, 1.82) is 0 Å². The number of para-hydroxylation sites is 1. The minimum atomic E-state index is -3.30. The molecule has 112 valence electrons. The van der Waals surface area contributed by atoms with Crippen LogP contribution >= 0.6 is 0 Å². The van der Waals surface area contributed by atoms with E-state index in [0.717, 1.165) is 12.1 Å². The fourth-order valence-corrected chi connectivity index (χ4v) is 2.97. The van der Waals surface area contributed by atoms with E-state index in [4.69, 9.17) is 4.74 Å². The highest BCUT2D eigenvalue weighted by Gasteiger charge is 2.17. The number of ether oxygens (including phenoxy) is 1. The van der Waals surface area contributed by atoms with Gasteiger partial charge in [-0.05, 0) is 36.9 Å². The second kappa shape index (κ2) is 6.74. The van der Waals surface area contributed by atoms with E-state index >= 15 is 0 Å². The van der Waals surface area contributed by atoms with Crippen LogP contribution in [0.5, 0.6) is 11.5 Å². The summed E-state index contributed by atoms with van der Waals surface area (Å²) in [6.07, 6.45) is 0. The molecule has 0 aromatic heterocycles. The third kappa shape index (κ3) is 3.83. The monoisotopic (exact) mass is 305 g/mol. The number of nitrogens with one attached hydrogen (secondary N) is 1. The fourth-order valence-electron chi connectivity index (χ4n) is 1.95. The molecule has 1 N–H and O–H groups in total. The first-order valence-electron chi connectivity index (χ1n) is 6.80. The minimum Gasteiger partial charge on any atom is -0.456 e. The normalized spacial score (nSPS) is 11.3. The Hall–Kier alpha value is -1.85. The molecule has 0 atom stereocenters. The molecule has 0 heterocycles. The van der Waals surface area contributed by atoms with Crippen molar-refractivity contribution in [1.82, 2.24) is 5.32 Å². The molecule has 4 nitrogen and oxygen atoms in total. The highest BCUT2D eigenvalue weighted by Crippen LogP contribution is 2.29. The van der Waals surface area contributed by atoms with Crippen molar-refractivity contribution < 1.29 is 13.2 Å². The van der Waals surface area contributed by atoms with E-state index < -0.39 is 9.84 Å². The Balaban J connectivity index is 2.28. The smallest absolute Gasteiger partial charge is 0.181 e. The van der Waals surface area contributed by atoms with Gasteiger partial charge in [-0.15, -0.1) is 0 Å². The average molecular weight is 305 g/mol. The van der Waals surface area contributed by atoms with Crippen molar-refractivity contribution in [3.63, 3.8) is 0 Å². The molecular weight excluding hydrogens is 286 g/mol. The number of hydrogen-bond donors (Lipinski definition) is 1. The van der Waals surface area contributed by atoms with Gasteiger partial charge in [-0.2, -0.15) is 0 Å². The van der Waals surface area contributed by atoms with Crippen LogP contribution in [0.15, 0.2) is 53.4 Å². The highest BCUT2D eigenvalue weighted by atomic mass is 32.2. The molecule has 5 heteroatoms. The summed E-state index contributed by atoms with van der Waals surface area (Å²) in [4.78, 5) is 0.229. The standard InChI is InChI=1S/C16H19NO3S/c1-3-21(18,19)16-7-5-4-6-15(16)20-14-10-8-13(9-11-14)12-17-2/h4-11,17H,3,12H2,1-2H3. The Bertz CT molecular complexity index is 694. The molecule has 0 radical (unpaired) electrons. The molecule has 0 spiro atoms. The Morgan fingerprint density at radius 2 is 1.71 bits per heavy atom. The van der Waals surface area contributed by atoms with Crippen molar-refractivity contribution in [2.24, 2.45) is 0 Å². The second-order valence-corrected chi connectivity index (χ2v) is 6.87. The number of rotatable bonds is 6. The molecule has 0 aliphatic carbocycles. The van der Waals surface area contributed by atoms with Gasteiger partial charge in [0.2, 0.25) is 0 Å². The molecule has 0 unspecified atom stereocenters. The second-order valence-electron chi connectivity index (χ2n) is 4.63. The Morgan fingerprint density at radius 3 is 2.33 bits per heavy atom. The van der Waals surface area contributed by atoms with Crippen LogP contribution < -0.4 is 10.1 Å². The van der Waals surface area contributed by atoms with Gasteiger partial charge in [0, 0.05) is 6.54 Å². The van der Waals surface area contributed by atoms with E-state index in [2.05, 4.69) is 5.32 Å². The lowest BCUT2D eigenvalue weighted by molar-refractivity contribution is 0.467. The van der Waals surface area contributed by atoms with Crippen LogP contribution in [0.2, 0.25) is 0 Å². The van der Waals surface area contributed by atoms with E-state index in [1.54, 1.807) is 31.2 Å². The quantitative estimate of drug-likeness (QED) is 0.891. The van der Waals surface area contributed by atoms with Gasteiger partial charge in [0.1, 0.15) is 16.4 Å². The number of benzene rings is 2. The van der Waals surface area contributed by atoms with E-state index in [1.807, 2.05) is 31.3 Å². The van der Waals surface area contributed by atoms with Crippen molar-refractivity contribution in [3.8, 4) is 11.5 Å². The molecule has 21 heavy (non-hydrogen) atoms. The van der Waals surface area contributed by atoms with Crippen LogP contribution in [-0.2, 0) is 16.4 Å². The Labute approximate surface area is 125 Å². The van der Waals surface area contributed by atoms with Gasteiger partial charge in [0.05, 0.1) is 5.75 Å². The summed E-state index contributed by atoms with van der Waals surface area (Å²) in [6.45, 7) is 2.40. The zero-order valence-electron chi connectivity index (χ0n) is 12.2. The third-order valence-electron chi connectivity index (χ3n) is 3.10. The lowest BCUT2D eigenvalue weighted by Crippen LogP contribution is -2.06. The van der Waals surface area contributed by atoms with Gasteiger partial charge in [-0.25, -0.2) is 8.42 Å². The summed E-state index contributed by atoms with van der Waals surface area (Å²) >= 11 is 0. The minimum absolute atomic E-state index is 0.0501. The van der Waals surface area contributed by atoms with Crippen LogP contribution in [-0.4, -0.2) is 21.2 Å². The summed E-state index contributed by atoms with van der Waals surface area (Å²) < 4.78 is 29.9. The van der Waals surface area contributed by atoms with E-state index in [9.17, 15) is 8.42 Å². The Morgan fingerprint density at radius 1 is 1.05 bits per heavy atom. The third-order valence-corrected chi connectivity index (χ3v) is 4.86. The molecule has 0 aliphatic heterocycles. The van der Waals surface area contributed by atoms with Crippen molar-refractivity contribution in [2.75, 3.05) is 12.8 Å². The summed E-state index contributed by atoms with van der Waals surface area (Å²) in [5.74, 6) is 1.03. The molecule has 0 fully saturated rings. The van der Waals surface area contributed by atoms with E-state index in [-0.39, 0.29) is 10.6 Å². The van der Waals surface area contributed by atoms with Crippen molar-refractivity contribution in [2.45, 2.75) is 18.4 Å². The van der Waals surface area contributed by atoms with Gasteiger partial charge >= 0.3 is 0 Å². The molecule has 0 aliphatic rings. The van der Waals surface area contributed by atoms with Gasteiger partial charge in [0.15, 0.2) is 9.84 Å². The molecule has 2 rings (SSSR count). The molecule has 0 saturated heterocycles.